The number of carbonyl (C=O) groups is 1. The van der Waals surface area contributed by atoms with Crippen LogP contribution in [0.15, 0.2) is 12.1 Å². The van der Waals surface area contributed by atoms with Gasteiger partial charge in [0.15, 0.2) is 18.1 Å². The minimum Gasteiger partial charge on any atom is -0.493 e. The number of hydrogen-bond donors (Lipinski definition) is 1. The summed E-state index contributed by atoms with van der Waals surface area (Å²) in [6, 6.07) is 3.39. The van der Waals surface area contributed by atoms with Crippen LogP contribution in [0.4, 0.5) is 0 Å². The molecular weight excluding hydrogens is 298 g/mol. The summed E-state index contributed by atoms with van der Waals surface area (Å²) < 4.78 is 20.3. The number of halogens is 1. The molecule has 1 N–H and O–H groups in total. The number of rotatable bonds is 9. The van der Waals surface area contributed by atoms with Gasteiger partial charge in [0, 0.05) is 36.9 Å². The lowest BCUT2D eigenvalue weighted by molar-refractivity contribution is -0.142. The Bertz CT molecular complexity index is 467. The van der Waals surface area contributed by atoms with Crippen LogP contribution in [0.2, 0.25) is 5.02 Å². The molecule has 0 atom stereocenters. The monoisotopic (exact) mass is 317 g/mol. The van der Waals surface area contributed by atoms with Crippen molar-refractivity contribution in [3.05, 3.63) is 22.7 Å². The SMILES string of the molecule is COCCNCc1cc(Cl)cc(OC)c1OCC(=O)OC. The van der Waals surface area contributed by atoms with E-state index in [0.717, 1.165) is 5.56 Å². The van der Waals surface area contributed by atoms with Gasteiger partial charge >= 0.3 is 5.97 Å². The standard InChI is InChI=1S/C14H20ClNO5/c1-18-5-4-16-8-10-6-11(15)7-12(19-2)14(10)21-9-13(17)20-3/h6-7,16H,4-5,8-9H2,1-3H3. The van der Waals surface area contributed by atoms with Gasteiger partial charge in [0.1, 0.15) is 0 Å². The van der Waals surface area contributed by atoms with Crippen molar-refractivity contribution in [3.8, 4) is 11.5 Å². The molecule has 0 heterocycles. The lowest BCUT2D eigenvalue weighted by Gasteiger charge is -2.15. The van der Waals surface area contributed by atoms with Crippen molar-refractivity contribution < 1.29 is 23.7 Å². The zero-order valence-corrected chi connectivity index (χ0v) is 13.2. The van der Waals surface area contributed by atoms with E-state index in [-0.39, 0.29) is 6.61 Å². The molecule has 1 aromatic carbocycles. The highest BCUT2D eigenvalue weighted by molar-refractivity contribution is 6.30. The molecule has 0 radical (unpaired) electrons. The summed E-state index contributed by atoms with van der Waals surface area (Å²) in [7, 11) is 4.45. The topological polar surface area (TPSA) is 66.0 Å². The Balaban J connectivity index is 2.86. The van der Waals surface area contributed by atoms with Crippen LogP contribution in [0.5, 0.6) is 11.5 Å². The largest absolute Gasteiger partial charge is 0.493 e. The molecule has 21 heavy (non-hydrogen) atoms. The van der Waals surface area contributed by atoms with Crippen molar-refractivity contribution in [2.45, 2.75) is 6.54 Å². The molecule has 0 aliphatic rings. The van der Waals surface area contributed by atoms with Gasteiger partial charge in [0.25, 0.3) is 0 Å². The molecule has 0 spiro atoms. The summed E-state index contributed by atoms with van der Waals surface area (Å²) in [4.78, 5) is 11.2. The molecule has 0 amide bonds. The van der Waals surface area contributed by atoms with Gasteiger partial charge in [-0.05, 0) is 6.07 Å². The predicted molar refractivity (Wildman–Crippen MR) is 79.1 cm³/mol. The number of carbonyl (C=O) groups excluding carboxylic acids is 1. The van der Waals surface area contributed by atoms with Crippen molar-refractivity contribution >= 4 is 17.6 Å². The van der Waals surface area contributed by atoms with Gasteiger partial charge in [-0.1, -0.05) is 11.6 Å². The lowest BCUT2D eigenvalue weighted by atomic mass is 10.2. The van der Waals surface area contributed by atoms with Crippen molar-refractivity contribution in [2.24, 2.45) is 0 Å². The Morgan fingerprint density at radius 2 is 2.05 bits per heavy atom. The molecular formula is C14H20ClNO5. The second kappa shape index (κ2) is 9.44. The van der Waals surface area contributed by atoms with Gasteiger partial charge in [-0.15, -0.1) is 0 Å². The average molecular weight is 318 g/mol. The maximum atomic E-state index is 11.2. The fourth-order valence-corrected chi connectivity index (χ4v) is 1.89. The summed E-state index contributed by atoms with van der Waals surface area (Å²) >= 11 is 6.05. The lowest BCUT2D eigenvalue weighted by Crippen LogP contribution is -2.20. The summed E-state index contributed by atoms with van der Waals surface area (Å²) in [6.07, 6.45) is 0. The molecule has 0 aliphatic heterocycles. The molecule has 0 aliphatic carbocycles. The van der Waals surface area contributed by atoms with Crippen LogP contribution in [-0.2, 0) is 20.8 Å². The first-order chi connectivity index (χ1) is 10.1. The predicted octanol–water partition coefficient (Wildman–Crippen LogP) is 1.64. The van der Waals surface area contributed by atoms with E-state index in [1.165, 1.54) is 14.2 Å². The quantitative estimate of drug-likeness (QED) is 0.552. The third-order valence-corrected chi connectivity index (χ3v) is 2.90. The highest BCUT2D eigenvalue weighted by atomic mass is 35.5. The summed E-state index contributed by atoms with van der Waals surface area (Å²) in [5.41, 5.74) is 0.791. The van der Waals surface area contributed by atoms with Crippen molar-refractivity contribution in [1.82, 2.24) is 5.32 Å². The zero-order valence-electron chi connectivity index (χ0n) is 12.4. The van der Waals surface area contributed by atoms with Crippen LogP contribution in [0, 0.1) is 0 Å². The van der Waals surface area contributed by atoms with E-state index in [0.29, 0.717) is 36.2 Å². The van der Waals surface area contributed by atoms with Crippen molar-refractivity contribution in [2.75, 3.05) is 41.1 Å². The van der Waals surface area contributed by atoms with E-state index in [1.54, 1.807) is 19.2 Å². The minimum atomic E-state index is -0.467. The maximum Gasteiger partial charge on any atom is 0.343 e. The second-order valence-electron chi connectivity index (χ2n) is 4.13. The minimum absolute atomic E-state index is 0.195. The highest BCUT2D eigenvalue weighted by Gasteiger charge is 2.14. The van der Waals surface area contributed by atoms with E-state index in [4.69, 9.17) is 25.8 Å². The Hall–Kier alpha value is -1.50. The highest BCUT2D eigenvalue weighted by Crippen LogP contribution is 2.34. The normalized spacial score (nSPS) is 10.3. The van der Waals surface area contributed by atoms with E-state index in [2.05, 4.69) is 10.1 Å². The first kappa shape index (κ1) is 17.6. The van der Waals surface area contributed by atoms with Crippen molar-refractivity contribution in [1.29, 1.82) is 0 Å². The fraction of sp³-hybridized carbons (Fsp3) is 0.500. The Kier molecular flexibility index (Phi) is 7.89. The number of esters is 1. The van der Waals surface area contributed by atoms with E-state index < -0.39 is 5.97 Å². The van der Waals surface area contributed by atoms with Gasteiger partial charge in [0.05, 0.1) is 20.8 Å². The van der Waals surface area contributed by atoms with Crippen LogP contribution < -0.4 is 14.8 Å². The molecule has 0 bridgehead atoms. The summed E-state index contributed by atoms with van der Waals surface area (Å²) in [6.45, 7) is 1.59. The molecule has 0 saturated heterocycles. The third-order valence-electron chi connectivity index (χ3n) is 2.68. The van der Waals surface area contributed by atoms with Gasteiger partial charge < -0.3 is 24.3 Å². The van der Waals surface area contributed by atoms with Crippen LogP contribution in [-0.4, -0.2) is 47.1 Å². The van der Waals surface area contributed by atoms with Crippen LogP contribution in [0.25, 0.3) is 0 Å². The van der Waals surface area contributed by atoms with Gasteiger partial charge in [-0.2, -0.15) is 0 Å². The number of methoxy groups -OCH3 is 3. The number of benzene rings is 1. The van der Waals surface area contributed by atoms with E-state index in [1.807, 2.05) is 0 Å². The smallest absolute Gasteiger partial charge is 0.343 e. The molecule has 118 valence electrons. The molecule has 1 rings (SSSR count). The Morgan fingerprint density at radius 3 is 2.67 bits per heavy atom. The molecule has 0 saturated carbocycles. The maximum absolute atomic E-state index is 11.2. The summed E-state index contributed by atoms with van der Waals surface area (Å²) in [5.74, 6) is 0.470. The van der Waals surface area contributed by atoms with Crippen LogP contribution in [0.1, 0.15) is 5.56 Å². The third kappa shape index (κ3) is 5.79. The first-order valence-corrected chi connectivity index (χ1v) is 6.75. The van der Waals surface area contributed by atoms with Gasteiger partial charge in [0.2, 0.25) is 0 Å². The number of hydrogen-bond acceptors (Lipinski definition) is 6. The molecule has 0 fully saturated rings. The fourth-order valence-electron chi connectivity index (χ4n) is 1.66. The Morgan fingerprint density at radius 1 is 1.29 bits per heavy atom. The summed E-state index contributed by atoms with van der Waals surface area (Å²) in [5, 5.41) is 3.72. The second-order valence-corrected chi connectivity index (χ2v) is 4.57. The number of ether oxygens (including phenoxy) is 4. The van der Waals surface area contributed by atoms with Crippen LogP contribution in [0.3, 0.4) is 0 Å². The van der Waals surface area contributed by atoms with Crippen LogP contribution >= 0.6 is 11.6 Å². The first-order valence-electron chi connectivity index (χ1n) is 6.38. The molecule has 7 heteroatoms. The van der Waals surface area contributed by atoms with E-state index in [9.17, 15) is 4.79 Å². The Labute approximate surface area is 129 Å². The number of nitrogens with one attached hydrogen (secondary N) is 1. The molecule has 0 unspecified atom stereocenters. The molecule has 6 nitrogen and oxygen atoms in total. The molecule has 0 aromatic heterocycles. The van der Waals surface area contributed by atoms with Crippen molar-refractivity contribution in [3.63, 3.8) is 0 Å². The van der Waals surface area contributed by atoms with Gasteiger partial charge in [-0.25, -0.2) is 4.79 Å². The molecule has 1 aromatic rings. The van der Waals surface area contributed by atoms with E-state index >= 15 is 0 Å². The zero-order chi connectivity index (χ0) is 15.7. The average Bonchev–Trinajstić information content (AvgIpc) is 2.49. The van der Waals surface area contributed by atoms with Gasteiger partial charge in [-0.3, -0.25) is 0 Å².